The molecule has 0 spiro atoms. The number of aromatic hydroxyl groups is 1. The molecular weight excluding hydrogens is 466 g/mol. The molecule has 0 aliphatic heterocycles. The topological polar surface area (TPSA) is 120 Å². The fourth-order valence-corrected chi connectivity index (χ4v) is 3.15. The molecular formula is C27H27NO8. The van der Waals surface area contributed by atoms with Crippen LogP contribution in [0.1, 0.15) is 28.4 Å². The summed E-state index contributed by atoms with van der Waals surface area (Å²) in [5.74, 6) is -1.48. The number of amides is 1. The van der Waals surface area contributed by atoms with Crippen molar-refractivity contribution in [3.05, 3.63) is 89.5 Å². The molecule has 3 rings (SSSR count). The molecule has 0 aromatic heterocycles. The van der Waals surface area contributed by atoms with Gasteiger partial charge in [0.1, 0.15) is 36.0 Å². The van der Waals surface area contributed by atoms with Crippen molar-refractivity contribution < 1.29 is 38.4 Å². The largest absolute Gasteiger partial charge is 0.507 e. The number of alkyl carbamates (subject to hydrolysis) is 1. The van der Waals surface area contributed by atoms with Crippen molar-refractivity contribution in [3.8, 4) is 17.2 Å². The van der Waals surface area contributed by atoms with E-state index in [0.29, 0.717) is 0 Å². The molecule has 0 saturated carbocycles. The van der Waals surface area contributed by atoms with E-state index in [9.17, 15) is 19.5 Å². The maximum absolute atomic E-state index is 12.9. The lowest BCUT2D eigenvalue weighted by molar-refractivity contribution is -0.145. The van der Waals surface area contributed by atoms with Gasteiger partial charge in [0.25, 0.3) is 0 Å². The van der Waals surface area contributed by atoms with Crippen LogP contribution < -0.4 is 14.8 Å². The number of nitrogens with one attached hydrogen (secondary N) is 1. The minimum Gasteiger partial charge on any atom is -0.507 e. The first-order valence-corrected chi connectivity index (χ1v) is 11.3. The second kappa shape index (κ2) is 13.4. The maximum atomic E-state index is 12.9. The summed E-state index contributed by atoms with van der Waals surface area (Å²) in [5.41, 5.74) is 1.49. The predicted octanol–water partition coefficient (Wildman–Crippen LogP) is 4.02. The molecule has 0 fully saturated rings. The van der Waals surface area contributed by atoms with Crippen molar-refractivity contribution in [2.45, 2.75) is 20.1 Å². The number of hydrogen-bond acceptors (Lipinski definition) is 8. The number of ether oxygens (including phenoxy) is 4. The van der Waals surface area contributed by atoms with Crippen LogP contribution in [0, 0.1) is 0 Å². The Morgan fingerprint density at radius 3 is 2.11 bits per heavy atom. The van der Waals surface area contributed by atoms with E-state index in [1.165, 1.54) is 12.1 Å². The first-order chi connectivity index (χ1) is 17.5. The average molecular weight is 494 g/mol. The Kier molecular flexibility index (Phi) is 9.69. The van der Waals surface area contributed by atoms with Gasteiger partial charge in [0.05, 0.1) is 13.2 Å². The molecule has 0 saturated heterocycles. The van der Waals surface area contributed by atoms with Gasteiger partial charge in [-0.3, -0.25) is 4.79 Å². The van der Waals surface area contributed by atoms with Gasteiger partial charge in [0.15, 0.2) is 12.4 Å². The molecule has 36 heavy (non-hydrogen) atoms. The zero-order valence-electron chi connectivity index (χ0n) is 19.8. The average Bonchev–Trinajstić information content (AvgIpc) is 2.89. The minimum absolute atomic E-state index is 0.0298. The third-order valence-electron chi connectivity index (χ3n) is 4.84. The Labute approximate surface area is 208 Å². The number of hydrogen-bond donors (Lipinski definition) is 2. The zero-order valence-corrected chi connectivity index (χ0v) is 19.8. The normalized spacial score (nSPS) is 10.2. The van der Waals surface area contributed by atoms with Crippen LogP contribution in [0.4, 0.5) is 4.79 Å². The molecule has 9 nitrogen and oxygen atoms in total. The molecule has 0 aliphatic carbocycles. The van der Waals surface area contributed by atoms with Crippen molar-refractivity contribution in [2.75, 3.05) is 19.8 Å². The van der Waals surface area contributed by atoms with Crippen LogP contribution in [0.2, 0.25) is 0 Å². The van der Waals surface area contributed by atoms with Crippen molar-refractivity contribution in [3.63, 3.8) is 0 Å². The van der Waals surface area contributed by atoms with E-state index in [0.717, 1.165) is 11.1 Å². The summed E-state index contributed by atoms with van der Waals surface area (Å²) in [7, 11) is 0. The van der Waals surface area contributed by atoms with E-state index in [4.69, 9.17) is 18.9 Å². The van der Waals surface area contributed by atoms with Crippen LogP contribution in [0.25, 0.3) is 0 Å². The molecule has 0 aliphatic rings. The van der Waals surface area contributed by atoms with Crippen LogP contribution in [-0.2, 0) is 27.5 Å². The van der Waals surface area contributed by atoms with Gasteiger partial charge in [0.2, 0.25) is 0 Å². The molecule has 0 heterocycles. The fraction of sp³-hybridized carbons (Fsp3) is 0.222. The van der Waals surface area contributed by atoms with Gasteiger partial charge in [-0.15, -0.1) is 0 Å². The molecule has 3 aromatic rings. The molecule has 0 bridgehead atoms. The quantitative estimate of drug-likeness (QED) is 0.287. The smallest absolute Gasteiger partial charge is 0.407 e. The maximum Gasteiger partial charge on any atom is 0.407 e. The highest BCUT2D eigenvalue weighted by atomic mass is 16.6. The second-order valence-electron chi connectivity index (χ2n) is 7.52. The van der Waals surface area contributed by atoms with Gasteiger partial charge in [-0.2, -0.15) is 0 Å². The zero-order chi connectivity index (χ0) is 25.8. The van der Waals surface area contributed by atoms with Crippen LogP contribution >= 0.6 is 0 Å². The summed E-state index contributed by atoms with van der Waals surface area (Å²) in [6, 6.07) is 20.9. The summed E-state index contributed by atoms with van der Waals surface area (Å²) in [4.78, 5) is 36.6. The van der Waals surface area contributed by atoms with E-state index in [2.05, 4.69) is 5.32 Å². The molecule has 1 amide bonds. The number of carbonyl (C=O) groups is 3. The summed E-state index contributed by atoms with van der Waals surface area (Å²) >= 11 is 0. The lowest BCUT2D eigenvalue weighted by atomic mass is 10.1. The highest BCUT2D eigenvalue weighted by Gasteiger charge is 2.21. The fourth-order valence-electron chi connectivity index (χ4n) is 3.15. The van der Waals surface area contributed by atoms with Crippen molar-refractivity contribution in [2.24, 2.45) is 0 Å². The van der Waals surface area contributed by atoms with E-state index in [1.807, 2.05) is 48.5 Å². The third kappa shape index (κ3) is 8.05. The number of rotatable bonds is 12. The van der Waals surface area contributed by atoms with Gasteiger partial charge in [-0.25, -0.2) is 9.59 Å². The van der Waals surface area contributed by atoms with E-state index in [1.54, 1.807) is 19.1 Å². The van der Waals surface area contributed by atoms with Gasteiger partial charge < -0.3 is 29.4 Å². The first-order valence-electron chi connectivity index (χ1n) is 11.3. The Morgan fingerprint density at radius 1 is 0.833 bits per heavy atom. The lowest BCUT2D eigenvalue weighted by Crippen LogP contribution is -2.30. The monoisotopic (exact) mass is 493 g/mol. The molecule has 0 atom stereocenters. The van der Waals surface area contributed by atoms with Gasteiger partial charge >= 0.3 is 12.1 Å². The van der Waals surface area contributed by atoms with E-state index >= 15 is 0 Å². The Bertz CT molecular complexity index is 1170. The van der Waals surface area contributed by atoms with Crippen molar-refractivity contribution >= 4 is 17.8 Å². The third-order valence-corrected chi connectivity index (χ3v) is 4.84. The number of esters is 1. The van der Waals surface area contributed by atoms with E-state index < -0.39 is 30.1 Å². The Morgan fingerprint density at radius 2 is 1.47 bits per heavy atom. The highest BCUT2D eigenvalue weighted by Crippen LogP contribution is 2.34. The number of carbonyl (C=O) groups excluding carboxylic acids is 3. The van der Waals surface area contributed by atoms with Crippen molar-refractivity contribution in [1.82, 2.24) is 5.32 Å². The first kappa shape index (κ1) is 26.1. The molecule has 2 N–H and O–H groups in total. The molecule has 0 radical (unpaired) electrons. The molecule has 188 valence electrons. The highest BCUT2D eigenvalue weighted by molar-refractivity contribution is 6.03. The lowest BCUT2D eigenvalue weighted by Gasteiger charge is -2.15. The Balaban J connectivity index is 1.69. The second-order valence-corrected chi connectivity index (χ2v) is 7.52. The van der Waals surface area contributed by atoms with Gasteiger partial charge in [-0.1, -0.05) is 60.7 Å². The predicted molar refractivity (Wildman–Crippen MR) is 130 cm³/mol. The summed E-state index contributed by atoms with van der Waals surface area (Å²) in [6.07, 6.45) is -0.784. The van der Waals surface area contributed by atoms with E-state index in [-0.39, 0.29) is 43.5 Å². The number of ketones is 1. The SMILES string of the molecule is CCOC(=O)COc1cc(O)c(C(=O)CNC(=O)OCc2ccccc2)c(OCc2ccccc2)c1. The number of phenolic OH excluding ortho intramolecular Hbond substituents is 1. The van der Waals surface area contributed by atoms with Gasteiger partial charge in [-0.05, 0) is 18.1 Å². The summed E-state index contributed by atoms with van der Waals surface area (Å²) in [6.45, 7) is 1.20. The van der Waals surface area contributed by atoms with Crippen LogP contribution in [0.3, 0.4) is 0 Å². The summed E-state index contributed by atoms with van der Waals surface area (Å²) in [5, 5.41) is 13.0. The summed E-state index contributed by atoms with van der Waals surface area (Å²) < 4.78 is 21.1. The number of benzene rings is 3. The minimum atomic E-state index is -0.784. The number of phenols is 1. The molecule has 3 aromatic carbocycles. The standard InChI is InChI=1S/C27H27NO8/c1-2-33-25(31)18-34-21-13-22(29)26(24(14-21)35-16-19-9-5-3-6-10-19)23(30)15-28-27(32)36-17-20-11-7-4-8-12-20/h3-14,29H,2,15-18H2,1H3,(H,28,32). The Hall–Kier alpha value is -4.53. The van der Waals surface area contributed by atoms with Crippen LogP contribution in [0.15, 0.2) is 72.8 Å². The van der Waals surface area contributed by atoms with Crippen molar-refractivity contribution in [1.29, 1.82) is 0 Å². The van der Waals surface area contributed by atoms with Crippen LogP contribution in [0.5, 0.6) is 17.2 Å². The molecule has 9 heteroatoms. The molecule has 0 unspecified atom stereocenters. The van der Waals surface area contributed by atoms with Gasteiger partial charge in [0, 0.05) is 12.1 Å². The number of Topliss-reactive ketones (excluding diaryl/α,β-unsaturated/α-hetero) is 1. The van der Waals surface area contributed by atoms with Crippen LogP contribution in [-0.4, -0.2) is 42.7 Å².